The number of hydrogen-bond donors (Lipinski definition) is 1. The van der Waals surface area contributed by atoms with E-state index in [4.69, 9.17) is 9.83 Å². The summed E-state index contributed by atoms with van der Waals surface area (Å²) in [6.07, 6.45) is 1.43. The van der Waals surface area contributed by atoms with Crippen molar-refractivity contribution in [1.29, 1.82) is 5.41 Å². The van der Waals surface area contributed by atoms with E-state index in [1.807, 2.05) is 0 Å². The Morgan fingerprint density at radius 1 is 1.23 bits per heavy atom. The molecule has 2 aliphatic rings. The monoisotopic (exact) mass is 367 g/mol. The first-order valence-corrected chi connectivity index (χ1v) is 8.18. The minimum absolute atomic E-state index is 0.0124. The Morgan fingerprint density at radius 3 is 2.73 bits per heavy atom. The number of hydrazone groups is 1. The molecular formula is C16H9N5O4S. The highest BCUT2D eigenvalue weighted by molar-refractivity contribution is 8.25. The molecular weight excluding hydrogens is 358 g/mol. The number of carbonyl (C=O) groups is 1. The molecule has 4 rings (SSSR count). The molecule has 2 aromatic rings. The van der Waals surface area contributed by atoms with E-state index in [1.165, 1.54) is 40.5 Å². The predicted octanol–water partition coefficient (Wildman–Crippen LogP) is 3.10. The van der Waals surface area contributed by atoms with Crippen LogP contribution < -0.4 is 0 Å². The van der Waals surface area contributed by atoms with Crippen molar-refractivity contribution >= 4 is 46.0 Å². The van der Waals surface area contributed by atoms with Crippen molar-refractivity contribution in [1.82, 2.24) is 5.01 Å². The van der Waals surface area contributed by atoms with Gasteiger partial charge in [0.1, 0.15) is 11.5 Å². The second kappa shape index (κ2) is 6.08. The topological polar surface area (TPSA) is 125 Å². The Balaban J connectivity index is 1.63. The maximum Gasteiger partial charge on any atom is 0.283 e. The molecule has 0 aliphatic carbocycles. The van der Waals surface area contributed by atoms with Gasteiger partial charge in [-0.2, -0.15) is 15.1 Å². The van der Waals surface area contributed by atoms with Crippen LogP contribution in [-0.2, 0) is 4.79 Å². The lowest BCUT2D eigenvalue weighted by atomic mass is 10.1. The summed E-state index contributed by atoms with van der Waals surface area (Å²) < 4.78 is 5.68. The zero-order valence-electron chi connectivity index (χ0n) is 12.9. The minimum Gasteiger partial charge on any atom is -0.457 e. The van der Waals surface area contributed by atoms with Crippen molar-refractivity contribution in [2.75, 3.05) is 0 Å². The number of amidine groups is 2. The zero-order valence-corrected chi connectivity index (χ0v) is 13.8. The number of thioether (sulfide) groups is 1. The van der Waals surface area contributed by atoms with Crippen LogP contribution in [0.1, 0.15) is 5.76 Å². The number of furan rings is 1. The van der Waals surface area contributed by atoms with E-state index < -0.39 is 10.8 Å². The molecule has 10 heteroatoms. The van der Waals surface area contributed by atoms with Crippen molar-refractivity contribution < 1.29 is 14.1 Å². The Labute approximate surface area is 150 Å². The van der Waals surface area contributed by atoms with Gasteiger partial charge in [-0.25, -0.2) is 0 Å². The highest BCUT2D eigenvalue weighted by atomic mass is 32.2. The van der Waals surface area contributed by atoms with Gasteiger partial charge in [0, 0.05) is 17.7 Å². The average molecular weight is 367 g/mol. The molecule has 2 aliphatic heterocycles. The van der Waals surface area contributed by atoms with E-state index in [-0.39, 0.29) is 17.1 Å². The van der Waals surface area contributed by atoms with Crippen LogP contribution >= 0.6 is 11.8 Å². The standard InChI is InChI=1S/C16H9N5O4S/c17-14-12(15(22)19-16-20(14)18-8-26-16)7-11-5-6-13(25-11)9-1-3-10(4-2-9)21(23)24/h1-8,17H/b12-7-,17-14?. The fourth-order valence-electron chi connectivity index (χ4n) is 2.41. The van der Waals surface area contributed by atoms with Crippen LogP contribution in [0.5, 0.6) is 0 Å². The number of carbonyl (C=O) groups excluding carboxylic acids is 1. The van der Waals surface area contributed by atoms with E-state index in [1.54, 1.807) is 24.3 Å². The van der Waals surface area contributed by atoms with Crippen LogP contribution in [0.2, 0.25) is 0 Å². The van der Waals surface area contributed by atoms with E-state index in [2.05, 4.69) is 10.1 Å². The average Bonchev–Trinajstić information content (AvgIpc) is 3.28. The largest absolute Gasteiger partial charge is 0.457 e. The van der Waals surface area contributed by atoms with Gasteiger partial charge < -0.3 is 4.42 Å². The number of nitro groups is 1. The SMILES string of the molecule is N=C1/C(=C/c2ccc(-c3ccc([N+](=O)[O-])cc3)o2)C(=O)N=C2SC=NN12. The Hall–Kier alpha value is -3.53. The lowest BCUT2D eigenvalue weighted by Gasteiger charge is -2.19. The molecule has 0 bridgehead atoms. The number of fused-ring (bicyclic) bond motifs is 1. The Bertz CT molecular complexity index is 1040. The number of non-ortho nitro benzene ring substituents is 1. The van der Waals surface area contributed by atoms with Crippen molar-refractivity contribution in [2.24, 2.45) is 10.1 Å². The summed E-state index contributed by atoms with van der Waals surface area (Å²) in [6, 6.07) is 9.25. The van der Waals surface area contributed by atoms with E-state index in [0.29, 0.717) is 22.3 Å². The lowest BCUT2D eigenvalue weighted by molar-refractivity contribution is -0.384. The number of hydrogen-bond acceptors (Lipinski definition) is 7. The number of aliphatic imine (C=N–C) groups is 1. The molecule has 0 unspecified atom stereocenters. The van der Waals surface area contributed by atoms with E-state index in [0.717, 1.165) is 0 Å². The number of amides is 1. The van der Waals surface area contributed by atoms with Crippen LogP contribution in [0.4, 0.5) is 5.69 Å². The lowest BCUT2D eigenvalue weighted by Crippen LogP contribution is -2.35. The molecule has 26 heavy (non-hydrogen) atoms. The maximum atomic E-state index is 12.1. The third-order valence-corrected chi connectivity index (χ3v) is 4.35. The summed E-state index contributed by atoms with van der Waals surface area (Å²) in [7, 11) is 0. The summed E-state index contributed by atoms with van der Waals surface area (Å²) >= 11 is 1.17. The maximum absolute atomic E-state index is 12.1. The van der Waals surface area contributed by atoms with Crippen LogP contribution in [0.15, 0.2) is 56.5 Å². The van der Waals surface area contributed by atoms with Gasteiger partial charge in [0.2, 0.25) is 0 Å². The van der Waals surface area contributed by atoms with Gasteiger partial charge in [-0.1, -0.05) is 0 Å². The number of nitrogens with zero attached hydrogens (tertiary/aromatic N) is 4. The number of rotatable bonds is 3. The molecule has 0 spiro atoms. The highest BCUT2D eigenvalue weighted by Gasteiger charge is 2.32. The van der Waals surface area contributed by atoms with Crippen LogP contribution in [-0.4, -0.2) is 32.4 Å². The quantitative estimate of drug-likeness (QED) is 0.505. The van der Waals surface area contributed by atoms with Crippen LogP contribution in [0.25, 0.3) is 17.4 Å². The zero-order chi connectivity index (χ0) is 18.3. The molecule has 1 aromatic carbocycles. The summed E-state index contributed by atoms with van der Waals surface area (Å²) in [4.78, 5) is 26.3. The molecule has 1 amide bonds. The van der Waals surface area contributed by atoms with Gasteiger partial charge in [-0.05, 0) is 42.1 Å². The van der Waals surface area contributed by atoms with Crippen molar-refractivity contribution in [2.45, 2.75) is 0 Å². The molecule has 3 heterocycles. The molecule has 9 nitrogen and oxygen atoms in total. The van der Waals surface area contributed by atoms with Crippen molar-refractivity contribution in [3.05, 3.63) is 57.8 Å². The molecule has 0 atom stereocenters. The second-order valence-corrected chi connectivity index (χ2v) is 6.07. The number of benzene rings is 1. The Kier molecular flexibility index (Phi) is 3.73. The fraction of sp³-hybridized carbons (Fsp3) is 0. The summed E-state index contributed by atoms with van der Waals surface area (Å²) in [5, 5.41) is 24.4. The molecule has 0 fully saturated rings. The fourth-order valence-corrected chi connectivity index (χ4v) is 3.02. The molecule has 128 valence electrons. The summed E-state index contributed by atoms with van der Waals surface area (Å²) in [5.41, 5.74) is 2.22. The molecule has 1 aromatic heterocycles. The van der Waals surface area contributed by atoms with Gasteiger partial charge in [0.15, 0.2) is 11.0 Å². The first-order chi connectivity index (χ1) is 12.5. The Morgan fingerprint density at radius 2 is 2.00 bits per heavy atom. The summed E-state index contributed by atoms with van der Waals surface area (Å²) in [5.74, 6) is 0.239. The first kappa shape index (κ1) is 16.0. The molecule has 1 N–H and O–H groups in total. The number of nitro benzene ring substituents is 1. The van der Waals surface area contributed by atoms with Crippen molar-refractivity contribution in [3.8, 4) is 11.3 Å². The van der Waals surface area contributed by atoms with Gasteiger partial charge in [-0.3, -0.25) is 20.3 Å². The van der Waals surface area contributed by atoms with Gasteiger partial charge in [0.25, 0.3) is 11.6 Å². The van der Waals surface area contributed by atoms with Crippen LogP contribution in [0, 0.1) is 15.5 Å². The predicted molar refractivity (Wildman–Crippen MR) is 96.9 cm³/mol. The van der Waals surface area contributed by atoms with Crippen molar-refractivity contribution in [3.63, 3.8) is 0 Å². The van der Waals surface area contributed by atoms with Gasteiger partial charge in [-0.15, -0.1) is 0 Å². The van der Waals surface area contributed by atoms with E-state index in [9.17, 15) is 14.9 Å². The second-order valence-electron chi connectivity index (χ2n) is 5.26. The smallest absolute Gasteiger partial charge is 0.283 e. The molecule has 0 saturated carbocycles. The third kappa shape index (κ3) is 2.71. The number of nitrogens with one attached hydrogen (secondary N) is 1. The minimum atomic E-state index is -0.535. The molecule has 0 radical (unpaired) electrons. The van der Waals surface area contributed by atoms with Gasteiger partial charge >= 0.3 is 0 Å². The molecule has 0 saturated heterocycles. The van der Waals surface area contributed by atoms with E-state index >= 15 is 0 Å². The first-order valence-electron chi connectivity index (χ1n) is 7.30. The highest BCUT2D eigenvalue weighted by Crippen LogP contribution is 2.28. The third-order valence-electron chi connectivity index (χ3n) is 3.67. The van der Waals surface area contributed by atoms with Crippen LogP contribution in [0.3, 0.4) is 0 Å². The normalized spacial score (nSPS) is 17.6. The summed E-state index contributed by atoms with van der Waals surface area (Å²) in [6.45, 7) is 0. The van der Waals surface area contributed by atoms with Gasteiger partial charge in [0.05, 0.1) is 16.0 Å².